The Kier molecular flexibility index (Phi) is 2.46. The lowest BCUT2D eigenvalue weighted by Gasteiger charge is -2.32. The van der Waals surface area contributed by atoms with Crippen molar-refractivity contribution in [3.05, 3.63) is 65.9 Å². The summed E-state index contributed by atoms with van der Waals surface area (Å²) in [6, 6.07) is 14.9. The maximum atomic E-state index is 13.0. The Labute approximate surface area is 140 Å². The van der Waals surface area contributed by atoms with Gasteiger partial charge < -0.3 is 9.47 Å². The highest BCUT2D eigenvalue weighted by Gasteiger charge is 2.58. The van der Waals surface area contributed by atoms with E-state index in [1.807, 2.05) is 36.4 Å². The second-order valence-electron chi connectivity index (χ2n) is 5.63. The molecule has 0 spiro atoms. The number of hydrogen-bond donors (Lipinski definition) is 0. The summed E-state index contributed by atoms with van der Waals surface area (Å²) in [5.74, 6) is 1.09. The number of ketones is 1. The van der Waals surface area contributed by atoms with Gasteiger partial charge in [0.1, 0.15) is 11.5 Å². The number of Topliss-reactive ketones (excluding diaryl/α,β-unsaturated/α-hetero) is 1. The predicted molar refractivity (Wildman–Crippen MR) is 88.2 cm³/mol. The van der Waals surface area contributed by atoms with Crippen LogP contribution >= 0.6 is 15.9 Å². The lowest BCUT2D eigenvalue weighted by Crippen LogP contribution is -2.45. The van der Waals surface area contributed by atoms with Crippen molar-refractivity contribution < 1.29 is 14.3 Å². The molecule has 2 aliphatic rings. The number of pyridine rings is 1. The highest BCUT2D eigenvalue weighted by Crippen LogP contribution is 2.55. The highest BCUT2D eigenvalue weighted by molar-refractivity contribution is 9.10. The number of halogens is 1. The van der Waals surface area contributed by atoms with E-state index in [9.17, 15) is 4.79 Å². The van der Waals surface area contributed by atoms with Crippen molar-refractivity contribution in [1.29, 1.82) is 0 Å². The number of nitrogens with zero attached hydrogens (tertiary/aromatic N) is 1. The quantitative estimate of drug-likeness (QED) is 0.562. The van der Waals surface area contributed by atoms with E-state index in [4.69, 9.17) is 9.47 Å². The summed E-state index contributed by atoms with van der Waals surface area (Å²) in [5.41, 5.74) is 2.13. The number of alkyl halides is 1. The number of rotatable bonds is 0. The van der Waals surface area contributed by atoms with Gasteiger partial charge in [0.25, 0.3) is 4.51 Å². The molecule has 0 amide bonds. The van der Waals surface area contributed by atoms with E-state index in [1.54, 1.807) is 18.3 Å². The van der Waals surface area contributed by atoms with Crippen LogP contribution in [0.3, 0.4) is 0 Å². The van der Waals surface area contributed by atoms with Crippen LogP contribution < -0.4 is 9.47 Å². The number of carbonyl (C=O) groups is 1. The largest absolute Gasteiger partial charge is 0.479 e. The number of hydrogen-bond acceptors (Lipinski definition) is 4. The van der Waals surface area contributed by atoms with Crippen LogP contribution in [0.15, 0.2) is 54.7 Å². The lowest BCUT2D eigenvalue weighted by atomic mass is 9.95. The molecule has 3 aromatic rings. The fraction of sp³-hybridized carbons (Fsp3) is 0.111. The van der Waals surface area contributed by atoms with Crippen molar-refractivity contribution in [3.8, 4) is 11.5 Å². The fourth-order valence-electron chi connectivity index (χ4n) is 3.21. The molecule has 0 unspecified atom stereocenters. The topological polar surface area (TPSA) is 48.4 Å². The first-order valence-corrected chi connectivity index (χ1v) is 8.04. The van der Waals surface area contributed by atoms with Gasteiger partial charge in [-0.1, -0.05) is 24.3 Å². The van der Waals surface area contributed by atoms with Gasteiger partial charge >= 0.3 is 0 Å². The minimum absolute atomic E-state index is 0.135. The van der Waals surface area contributed by atoms with Crippen LogP contribution in [0.2, 0.25) is 0 Å². The van der Waals surface area contributed by atoms with Gasteiger partial charge in [0.05, 0.1) is 16.6 Å². The summed E-state index contributed by atoms with van der Waals surface area (Å²) in [6.45, 7) is 0. The van der Waals surface area contributed by atoms with E-state index in [-0.39, 0.29) is 5.78 Å². The molecule has 1 aromatic heterocycles. The number of benzene rings is 2. The normalized spacial score (nSPS) is 24.4. The molecule has 0 saturated carbocycles. The minimum Gasteiger partial charge on any atom is -0.479 e. The molecule has 2 atom stereocenters. The van der Waals surface area contributed by atoms with Gasteiger partial charge in [0.15, 0.2) is 6.10 Å². The second kappa shape index (κ2) is 4.32. The number of fused-ring (bicyclic) bond motifs is 6. The zero-order valence-corrected chi connectivity index (χ0v) is 13.4. The van der Waals surface area contributed by atoms with Crippen LogP contribution in [-0.4, -0.2) is 15.3 Å². The maximum Gasteiger partial charge on any atom is 0.266 e. The first kappa shape index (κ1) is 13.1. The van der Waals surface area contributed by atoms with E-state index in [0.29, 0.717) is 17.1 Å². The molecule has 0 fully saturated rings. The average Bonchev–Trinajstić information content (AvgIpc) is 2.89. The summed E-state index contributed by atoms with van der Waals surface area (Å²) in [4.78, 5) is 17.4. The van der Waals surface area contributed by atoms with Crippen molar-refractivity contribution in [3.63, 3.8) is 0 Å². The monoisotopic (exact) mass is 367 g/mol. The van der Waals surface area contributed by atoms with E-state index in [1.165, 1.54) is 0 Å². The SMILES string of the molecule is O=C1c2ccccc2O[C@@H]2c3cnc4ccccc4c3O[C@]12Br. The molecule has 5 rings (SSSR count). The number of ether oxygens (including phenoxy) is 2. The molecule has 2 aromatic carbocycles. The predicted octanol–water partition coefficient (Wildman–Crippen LogP) is 4.03. The van der Waals surface area contributed by atoms with E-state index in [0.717, 1.165) is 16.5 Å². The third-order valence-electron chi connectivity index (χ3n) is 4.31. The highest BCUT2D eigenvalue weighted by atomic mass is 79.9. The number of para-hydroxylation sites is 2. The summed E-state index contributed by atoms with van der Waals surface area (Å²) in [6.07, 6.45) is 1.17. The van der Waals surface area contributed by atoms with Crippen LogP contribution in [0, 0.1) is 0 Å². The van der Waals surface area contributed by atoms with Crippen molar-refractivity contribution in [2.45, 2.75) is 10.6 Å². The van der Waals surface area contributed by atoms with Crippen LogP contribution in [0.5, 0.6) is 11.5 Å². The molecule has 23 heavy (non-hydrogen) atoms. The summed E-state index contributed by atoms with van der Waals surface area (Å²) in [7, 11) is 0. The van der Waals surface area contributed by atoms with Crippen LogP contribution in [0.1, 0.15) is 22.0 Å². The Morgan fingerprint density at radius 2 is 1.87 bits per heavy atom. The Morgan fingerprint density at radius 1 is 1.09 bits per heavy atom. The van der Waals surface area contributed by atoms with Gasteiger partial charge in [-0.15, -0.1) is 0 Å². The Bertz CT molecular complexity index is 987. The maximum absolute atomic E-state index is 13.0. The van der Waals surface area contributed by atoms with Gasteiger partial charge in [0.2, 0.25) is 5.78 Å². The van der Waals surface area contributed by atoms with Crippen LogP contribution in [-0.2, 0) is 0 Å². The average molecular weight is 368 g/mol. The standard InChI is InChI=1S/C18H10BrNO3/c19-18-16(21)11-6-2-4-8-14(11)22-17(18)12-9-20-13-7-3-1-5-10(13)15(12)23-18/h1-9,17H/t17-,18-/m1/s1. The molecule has 0 saturated heterocycles. The molecule has 4 nitrogen and oxygen atoms in total. The zero-order chi connectivity index (χ0) is 15.6. The summed E-state index contributed by atoms with van der Waals surface area (Å²) in [5, 5.41) is 0.874. The Morgan fingerprint density at radius 3 is 2.78 bits per heavy atom. The van der Waals surface area contributed by atoms with Crippen molar-refractivity contribution in [2.24, 2.45) is 0 Å². The molecule has 0 N–H and O–H groups in total. The molecule has 0 bridgehead atoms. The van der Waals surface area contributed by atoms with Crippen molar-refractivity contribution in [1.82, 2.24) is 4.98 Å². The van der Waals surface area contributed by atoms with Crippen LogP contribution in [0.25, 0.3) is 10.9 Å². The van der Waals surface area contributed by atoms with Gasteiger partial charge in [0, 0.05) is 11.6 Å². The van der Waals surface area contributed by atoms with Crippen molar-refractivity contribution >= 4 is 32.6 Å². The zero-order valence-electron chi connectivity index (χ0n) is 11.8. The van der Waals surface area contributed by atoms with E-state index >= 15 is 0 Å². The molecular weight excluding hydrogens is 358 g/mol. The molecule has 0 aliphatic carbocycles. The molecule has 3 heterocycles. The summed E-state index contributed by atoms with van der Waals surface area (Å²) < 4.78 is 10.9. The first-order chi connectivity index (χ1) is 11.2. The smallest absolute Gasteiger partial charge is 0.266 e. The third-order valence-corrected chi connectivity index (χ3v) is 5.25. The van der Waals surface area contributed by atoms with Crippen LogP contribution in [0.4, 0.5) is 0 Å². The molecular formula is C18H10BrNO3. The number of aromatic nitrogens is 1. The van der Waals surface area contributed by atoms with E-state index in [2.05, 4.69) is 20.9 Å². The van der Waals surface area contributed by atoms with Gasteiger partial charge in [-0.25, -0.2) is 0 Å². The first-order valence-electron chi connectivity index (χ1n) is 7.24. The summed E-state index contributed by atoms with van der Waals surface area (Å²) >= 11 is 3.50. The fourth-order valence-corrected chi connectivity index (χ4v) is 3.92. The van der Waals surface area contributed by atoms with Gasteiger partial charge in [-0.2, -0.15) is 0 Å². The Hall–Kier alpha value is -2.40. The minimum atomic E-state index is -1.24. The second-order valence-corrected chi connectivity index (χ2v) is 6.81. The Balaban J connectivity index is 1.76. The molecule has 5 heteroatoms. The lowest BCUT2D eigenvalue weighted by molar-refractivity contribution is 0.0377. The van der Waals surface area contributed by atoms with E-state index < -0.39 is 10.6 Å². The van der Waals surface area contributed by atoms with Crippen molar-refractivity contribution in [2.75, 3.05) is 0 Å². The molecule has 2 aliphatic heterocycles. The number of carbonyl (C=O) groups excluding carboxylic acids is 1. The van der Waals surface area contributed by atoms with Gasteiger partial charge in [-0.05, 0) is 40.2 Å². The molecule has 112 valence electrons. The van der Waals surface area contributed by atoms with Gasteiger partial charge in [-0.3, -0.25) is 9.78 Å². The third kappa shape index (κ3) is 1.60. The molecule has 0 radical (unpaired) electrons.